The molecule has 1 heterocycles. The molecule has 0 unspecified atom stereocenters. The molecule has 0 aliphatic carbocycles. The number of carbonyl (C=O) groups excluding carboxylic acids is 1. The van der Waals surface area contributed by atoms with Gasteiger partial charge in [0.15, 0.2) is 0 Å². The maximum atomic E-state index is 13.3. The number of para-hydroxylation sites is 1. The Bertz CT molecular complexity index is 1220. The number of hydrazone groups is 1. The van der Waals surface area contributed by atoms with E-state index in [2.05, 4.69) is 15.5 Å². The molecule has 0 fully saturated rings. The van der Waals surface area contributed by atoms with Crippen molar-refractivity contribution in [3.05, 3.63) is 101 Å². The van der Waals surface area contributed by atoms with Crippen LogP contribution in [-0.2, 0) is 0 Å². The second kappa shape index (κ2) is 8.20. The first kappa shape index (κ1) is 18.8. The molecule has 0 bridgehead atoms. The third-order valence-corrected chi connectivity index (χ3v) is 4.56. The van der Waals surface area contributed by atoms with Gasteiger partial charge in [0.25, 0.3) is 5.91 Å². The Kier molecular flexibility index (Phi) is 5.31. The Morgan fingerprint density at radius 3 is 2.59 bits per heavy atom. The van der Waals surface area contributed by atoms with Gasteiger partial charge < -0.3 is 0 Å². The predicted octanol–water partition coefficient (Wildman–Crippen LogP) is 5.46. The summed E-state index contributed by atoms with van der Waals surface area (Å²) in [5.41, 5.74) is 5.70. The largest absolute Gasteiger partial charge is 0.272 e. The molecule has 0 saturated heterocycles. The SMILES string of the molecule is O=C(N/N=C\c1cccc(Cl)c1)c1cc(-c2ccc(F)cc2)nc2ccccc12. The van der Waals surface area contributed by atoms with Crippen LogP contribution in [0.3, 0.4) is 0 Å². The fourth-order valence-electron chi connectivity index (χ4n) is 2.94. The number of benzene rings is 3. The molecule has 29 heavy (non-hydrogen) atoms. The summed E-state index contributed by atoms with van der Waals surface area (Å²) in [5.74, 6) is -0.701. The van der Waals surface area contributed by atoms with Crippen molar-refractivity contribution in [2.45, 2.75) is 0 Å². The van der Waals surface area contributed by atoms with E-state index >= 15 is 0 Å². The number of amides is 1. The van der Waals surface area contributed by atoms with Crippen LogP contribution >= 0.6 is 11.6 Å². The molecule has 1 amide bonds. The highest BCUT2D eigenvalue weighted by Gasteiger charge is 2.13. The van der Waals surface area contributed by atoms with Crippen LogP contribution in [0.4, 0.5) is 4.39 Å². The van der Waals surface area contributed by atoms with E-state index in [1.54, 1.807) is 36.4 Å². The summed E-state index contributed by atoms with van der Waals surface area (Å²) in [6.45, 7) is 0. The molecular formula is C23H15ClFN3O. The van der Waals surface area contributed by atoms with Gasteiger partial charge in [-0.3, -0.25) is 4.79 Å². The van der Waals surface area contributed by atoms with E-state index < -0.39 is 0 Å². The third-order valence-electron chi connectivity index (χ3n) is 4.33. The zero-order chi connectivity index (χ0) is 20.2. The minimum atomic E-state index is -0.370. The lowest BCUT2D eigenvalue weighted by molar-refractivity contribution is 0.0956. The van der Waals surface area contributed by atoms with Crippen LogP contribution in [0.1, 0.15) is 15.9 Å². The van der Waals surface area contributed by atoms with Gasteiger partial charge in [-0.1, -0.05) is 41.9 Å². The average Bonchev–Trinajstić information content (AvgIpc) is 2.73. The molecule has 6 heteroatoms. The lowest BCUT2D eigenvalue weighted by Crippen LogP contribution is -2.18. The van der Waals surface area contributed by atoms with Crippen molar-refractivity contribution in [1.29, 1.82) is 0 Å². The van der Waals surface area contributed by atoms with Gasteiger partial charge in [0, 0.05) is 16.0 Å². The van der Waals surface area contributed by atoms with E-state index in [9.17, 15) is 9.18 Å². The highest BCUT2D eigenvalue weighted by molar-refractivity contribution is 6.30. The summed E-state index contributed by atoms with van der Waals surface area (Å²) in [5, 5.41) is 5.32. The van der Waals surface area contributed by atoms with Gasteiger partial charge >= 0.3 is 0 Å². The number of rotatable bonds is 4. The molecule has 0 aliphatic heterocycles. The second-order valence-electron chi connectivity index (χ2n) is 6.33. The monoisotopic (exact) mass is 403 g/mol. The number of hydrogen-bond donors (Lipinski definition) is 1. The summed E-state index contributed by atoms with van der Waals surface area (Å²) in [6, 6.07) is 22.1. The molecule has 142 valence electrons. The van der Waals surface area contributed by atoms with Gasteiger partial charge in [-0.2, -0.15) is 5.10 Å². The number of aromatic nitrogens is 1. The van der Waals surface area contributed by atoms with Crippen LogP contribution in [0.5, 0.6) is 0 Å². The first-order valence-electron chi connectivity index (χ1n) is 8.85. The zero-order valence-corrected chi connectivity index (χ0v) is 15.9. The van der Waals surface area contributed by atoms with Crippen LogP contribution in [-0.4, -0.2) is 17.1 Å². The molecule has 0 aliphatic rings. The smallest absolute Gasteiger partial charge is 0.267 e. The zero-order valence-electron chi connectivity index (χ0n) is 15.1. The predicted molar refractivity (Wildman–Crippen MR) is 114 cm³/mol. The molecular weight excluding hydrogens is 389 g/mol. The number of halogens is 2. The third kappa shape index (κ3) is 4.31. The van der Waals surface area contributed by atoms with Gasteiger partial charge in [0.2, 0.25) is 0 Å². The summed E-state index contributed by atoms with van der Waals surface area (Å²) in [6.07, 6.45) is 1.52. The van der Waals surface area contributed by atoms with Crippen LogP contribution in [0.15, 0.2) is 84.0 Å². The summed E-state index contributed by atoms with van der Waals surface area (Å²) < 4.78 is 13.3. The molecule has 0 spiro atoms. The normalized spacial score (nSPS) is 11.1. The maximum absolute atomic E-state index is 13.3. The maximum Gasteiger partial charge on any atom is 0.272 e. The quantitative estimate of drug-likeness (QED) is 0.363. The van der Waals surface area contributed by atoms with Gasteiger partial charge in [-0.25, -0.2) is 14.8 Å². The standard InChI is InChI=1S/C23H15ClFN3O/c24-17-5-3-4-15(12-17)14-26-28-23(29)20-13-22(16-8-10-18(25)11-9-16)27-21-7-2-1-6-19(20)21/h1-14H,(H,28,29)/b26-14-. The molecule has 1 aromatic heterocycles. The van der Waals surface area contributed by atoms with Crippen LogP contribution in [0.2, 0.25) is 5.02 Å². The van der Waals surface area contributed by atoms with Gasteiger partial charge in [0.05, 0.1) is 23.0 Å². The first-order chi connectivity index (χ1) is 14.1. The van der Waals surface area contributed by atoms with Crippen LogP contribution in [0, 0.1) is 5.82 Å². The number of nitrogens with zero attached hydrogens (tertiary/aromatic N) is 2. The van der Waals surface area contributed by atoms with Crippen molar-refractivity contribution in [3.63, 3.8) is 0 Å². The van der Waals surface area contributed by atoms with Crippen molar-refractivity contribution in [3.8, 4) is 11.3 Å². The fourth-order valence-corrected chi connectivity index (χ4v) is 3.14. The lowest BCUT2D eigenvalue weighted by Gasteiger charge is -2.09. The Morgan fingerprint density at radius 2 is 1.79 bits per heavy atom. The van der Waals surface area contributed by atoms with E-state index in [1.807, 2.05) is 30.3 Å². The second-order valence-corrected chi connectivity index (χ2v) is 6.77. The molecule has 4 nitrogen and oxygen atoms in total. The van der Waals surface area contributed by atoms with Gasteiger partial charge in [0.1, 0.15) is 5.82 Å². The highest BCUT2D eigenvalue weighted by atomic mass is 35.5. The molecule has 0 saturated carbocycles. The Labute approximate surface area is 171 Å². The number of hydrogen-bond acceptors (Lipinski definition) is 3. The number of nitrogens with one attached hydrogen (secondary N) is 1. The van der Waals surface area contributed by atoms with Crippen molar-refractivity contribution in [2.75, 3.05) is 0 Å². The minimum absolute atomic E-state index is 0.331. The van der Waals surface area contributed by atoms with Crippen molar-refractivity contribution < 1.29 is 9.18 Å². The average molecular weight is 404 g/mol. The molecule has 0 radical (unpaired) electrons. The number of pyridine rings is 1. The van der Waals surface area contributed by atoms with Crippen LogP contribution in [0.25, 0.3) is 22.2 Å². The molecule has 1 N–H and O–H groups in total. The van der Waals surface area contributed by atoms with Crippen molar-refractivity contribution in [1.82, 2.24) is 10.4 Å². The van der Waals surface area contributed by atoms with E-state index in [1.165, 1.54) is 18.3 Å². The summed E-state index contributed by atoms with van der Waals surface area (Å²) in [7, 11) is 0. The van der Waals surface area contributed by atoms with Crippen LogP contribution < -0.4 is 5.43 Å². The highest BCUT2D eigenvalue weighted by Crippen LogP contribution is 2.25. The Balaban J connectivity index is 1.68. The molecule has 4 rings (SSSR count). The fraction of sp³-hybridized carbons (Fsp3) is 0. The molecule has 3 aromatic carbocycles. The van der Waals surface area contributed by atoms with Gasteiger partial charge in [-0.05, 0) is 54.1 Å². The Morgan fingerprint density at radius 1 is 1.00 bits per heavy atom. The topological polar surface area (TPSA) is 54.4 Å². The molecule has 4 aromatic rings. The first-order valence-corrected chi connectivity index (χ1v) is 9.23. The van der Waals surface area contributed by atoms with Crippen molar-refractivity contribution >= 4 is 34.6 Å². The van der Waals surface area contributed by atoms with E-state index in [0.29, 0.717) is 32.7 Å². The van der Waals surface area contributed by atoms with E-state index in [4.69, 9.17) is 11.6 Å². The number of carbonyl (C=O) groups is 1. The summed E-state index contributed by atoms with van der Waals surface area (Å²) in [4.78, 5) is 17.4. The number of fused-ring (bicyclic) bond motifs is 1. The lowest BCUT2D eigenvalue weighted by atomic mass is 10.0. The van der Waals surface area contributed by atoms with E-state index in [0.717, 1.165) is 5.56 Å². The van der Waals surface area contributed by atoms with Gasteiger partial charge in [-0.15, -0.1) is 0 Å². The Hall–Kier alpha value is -3.57. The van der Waals surface area contributed by atoms with Crippen molar-refractivity contribution in [2.24, 2.45) is 5.10 Å². The minimum Gasteiger partial charge on any atom is -0.267 e. The van der Waals surface area contributed by atoms with E-state index in [-0.39, 0.29) is 11.7 Å². The molecule has 0 atom stereocenters. The summed E-state index contributed by atoms with van der Waals surface area (Å²) >= 11 is 5.95.